The first-order chi connectivity index (χ1) is 15.3. The molecule has 0 saturated carbocycles. The van der Waals surface area contributed by atoms with Crippen molar-refractivity contribution in [3.63, 3.8) is 0 Å². The van der Waals surface area contributed by atoms with Crippen molar-refractivity contribution in [2.75, 3.05) is 37.2 Å². The number of aromatic nitrogens is 3. The second-order valence-corrected chi connectivity index (χ2v) is 8.92. The molecule has 1 aliphatic rings. The van der Waals surface area contributed by atoms with E-state index in [1.54, 1.807) is 11.3 Å². The van der Waals surface area contributed by atoms with Crippen LogP contribution in [0.2, 0.25) is 0 Å². The van der Waals surface area contributed by atoms with Crippen molar-refractivity contribution < 1.29 is 0 Å². The van der Waals surface area contributed by atoms with Crippen molar-refractivity contribution in [1.29, 1.82) is 0 Å². The highest BCUT2D eigenvalue weighted by atomic mass is 32.1. The summed E-state index contributed by atoms with van der Waals surface area (Å²) in [5.41, 5.74) is 10.0. The zero-order valence-corrected chi connectivity index (χ0v) is 18.2. The molecule has 0 unspecified atom stereocenters. The standard InChI is InChI=1S/C24H26N6S/c25-24-27-16-19(22(29-24)26-11-6-14-30-12-3-4-13-30)17-7-5-8-18(15-17)23-28-20-9-1-2-10-21(20)31-23/h1-2,5,7-10,15-16H,3-4,6,11-14H2,(H3,25,26,27,29). The molecule has 2 aromatic carbocycles. The molecule has 0 bridgehead atoms. The van der Waals surface area contributed by atoms with E-state index < -0.39 is 0 Å². The number of thiazole rings is 1. The smallest absolute Gasteiger partial charge is 0.221 e. The predicted octanol–water partition coefficient (Wildman–Crippen LogP) is 4.90. The number of para-hydroxylation sites is 1. The average Bonchev–Trinajstić information content (AvgIpc) is 3.47. The van der Waals surface area contributed by atoms with Crippen LogP contribution in [0.5, 0.6) is 0 Å². The average molecular weight is 431 g/mol. The second-order valence-electron chi connectivity index (χ2n) is 7.89. The van der Waals surface area contributed by atoms with Crippen molar-refractivity contribution in [3.05, 3.63) is 54.7 Å². The van der Waals surface area contributed by atoms with Crippen LogP contribution in [0, 0.1) is 0 Å². The number of nitrogens with two attached hydrogens (primary N) is 1. The van der Waals surface area contributed by atoms with Gasteiger partial charge in [0.05, 0.1) is 10.2 Å². The number of nitrogen functional groups attached to an aromatic ring is 1. The van der Waals surface area contributed by atoms with Gasteiger partial charge in [0.1, 0.15) is 10.8 Å². The number of rotatable bonds is 7. The van der Waals surface area contributed by atoms with E-state index >= 15 is 0 Å². The highest BCUT2D eigenvalue weighted by molar-refractivity contribution is 7.21. The Balaban J connectivity index is 1.37. The molecule has 0 amide bonds. The summed E-state index contributed by atoms with van der Waals surface area (Å²) in [5, 5.41) is 4.50. The molecule has 4 aromatic rings. The fourth-order valence-electron chi connectivity index (χ4n) is 4.07. The SMILES string of the molecule is Nc1ncc(-c2cccc(-c3nc4ccccc4s3)c2)c(NCCCN2CCCC2)n1. The van der Waals surface area contributed by atoms with Gasteiger partial charge in [-0.15, -0.1) is 11.3 Å². The maximum Gasteiger partial charge on any atom is 0.221 e. The molecule has 0 atom stereocenters. The fraction of sp³-hybridized carbons (Fsp3) is 0.292. The summed E-state index contributed by atoms with van der Waals surface area (Å²) < 4.78 is 1.19. The summed E-state index contributed by atoms with van der Waals surface area (Å²) in [6.07, 6.45) is 5.54. The normalized spacial score (nSPS) is 14.3. The quantitative estimate of drug-likeness (QED) is 0.406. The first-order valence-corrected chi connectivity index (χ1v) is 11.6. The van der Waals surface area contributed by atoms with Gasteiger partial charge in [-0.3, -0.25) is 0 Å². The van der Waals surface area contributed by atoms with Gasteiger partial charge < -0.3 is 16.0 Å². The highest BCUT2D eigenvalue weighted by Gasteiger charge is 2.13. The molecule has 0 aliphatic carbocycles. The van der Waals surface area contributed by atoms with Gasteiger partial charge in [-0.25, -0.2) is 9.97 Å². The van der Waals surface area contributed by atoms with Crippen LogP contribution in [0.4, 0.5) is 11.8 Å². The fourth-order valence-corrected chi connectivity index (χ4v) is 5.03. The van der Waals surface area contributed by atoms with Crippen molar-refractivity contribution in [2.45, 2.75) is 19.3 Å². The van der Waals surface area contributed by atoms with Crippen LogP contribution in [0.15, 0.2) is 54.7 Å². The molecule has 3 heterocycles. The van der Waals surface area contributed by atoms with Crippen LogP contribution in [-0.4, -0.2) is 46.0 Å². The van der Waals surface area contributed by atoms with E-state index in [4.69, 9.17) is 10.7 Å². The zero-order chi connectivity index (χ0) is 21.0. The van der Waals surface area contributed by atoms with Gasteiger partial charge in [-0.05, 0) is 62.7 Å². The topological polar surface area (TPSA) is 80.0 Å². The van der Waals surface area contributed by atoms with E-state index in [-0.39, 0.29) is 5.95 Å². The Morgan fingerprint density at radius 1 is 1.00 bits per heavy atom. The van der Waals surface area contributed by atoms with Crippen molar-refractivity contribution in [3.8, 4) is 21.7 Å². The predicted molar refractivity (Wildman–Crippen MR) is 129 cm³/mol. The molecule has 7 heteroatoms. The molecule has 6 nitrogen and oxygen atoms in total. The number of fused-ring (bicyclic) bond motifs is 1. The molecule has 2 aromatic heterocycles. The highest BCUT2D eigenvalue weighted by Crippen LogP contribution is 2.34. The molecule has 5 rings (SSSR count). The van der Waals surface area contributed by atoms with Crippen molar-refractivity contribution >= 4 is 33.3 Å². The van der Waals surface area contributed by atoms with Gasteiger partial charge >= 0.3 is 0 Å². The lowest BCUT2D eigenvalue weighted by atomic mass is 10.0. The number of nitrogens with zero attached hydrogens (tertiary/aromatic N) is 4. The number of benzene rings is 2. The van der Waals surface area contributed by atoms with Gasteiger partial charge in [0.15, 0.2) is 0 Å². The number of likely N-dealkylation sites (tertiary alicyclic amines) is 1. The lowest BCUT2D eigenvalue weighted by molar-refractivity contribution is 0.337. The third-order valence-electron chi connectivity index (χ3n) is 5.66. The minimum Gasteiger partial charge on any atom is -0.369 e. The van der Waals surface area contributed by atoms with Crippen molar-refractivity contribution in [1.82, 2.24) is 19.9 Å². The largest absolute Gasteiger partial charge is 0.369 e. The van der Waals surface area contributed by atoms with E-state index in [0.717, 1.165) is 52.5 Å². The van der Waals surface area contributed by atoms with E-state index in [0.29, 0.717) is 0 Å². The summed E-state index contributed by atoms with van der Waals surface area (Å²) in [4.78, 5) is 16.1. The third-order valence-corrected chi connectivity index (χ3v) is 6.75. The lowest BCUT2D eigenvalue weighted by Crippen LogP contribution is -2.22. The molecule has 31 heavy (non-hydrogen) atoms. The number of hydrogen-bond acceptors (Lipinski definition) is 7. The molecular weight excluding hydrogens is 404 g/mol. The maximum absolute atomic E-state index is 5.89. The summed E-state index contributed by atoms with van der Waals surface area (Å²) >= 11 is 1.71. The lowest BCUT2D eigenvalue weighted by Gasteiger charge is -2.16. The van der Waals surface area contributed by atoms with Crippen LogP contribution >= 0.6 is 11.3 Å². The van der Waals surface area contributed by atoms with Gasteiger partial charge in [0, 0.05) is 23.9 Å². The number of anilines is 2. The van der Waals surface area contributed by atoms with E-state index in [1.165, 1.54) is 30.6 Å². The van der Waals surface area contributed by atoms with Crippen LogP contribution in [-0.2, 0) is 0 Å². The third kappa shape index (κ3) is 4.52. The minimum atomic E-state index is 0.285. The Hall–Kier alpha value is -3.03. The molecule has 1 saturated heterocycles. The van der Waals surface area contributed by atoms with Crippen LogP contribution in [0.1, 0.15) is 19.3 Å². The molecule has 158 valence electrons. The Kier molecular flexibility index (Phi) is 5.78. The van der Waals surface area contributed by atoms with E-state index in [1.807, 2.05) is 18.3 Å². The monoisotopic (exact) mass is 430 g/mol. The number of nitrogens with one attached hydrogen (secondary N) is 1. The Labute approximate surface area is 186 Å². The van der Waals surface area contributed by atoms with Gasteiger partial charge in [0.25, 0.3) is 0 Å². The Morgan fingerprint density at radius 3 is 2.71 bits per heavy atom. The van der Waals surface area contributed by atoms with E-state index in [2.05, 4.69) is 56.6 Å². The molecule has 0 spiro atoms. The Bertz CT molecular complexity index is 1150. The first kappa shape index (κ1) is 19.9. The van der Waals surface area contributed by atoms with Gasteiger partial charge in [-0.2, -0.15) is 4.98 Å². The maximum atomic E-state index is 5.89. The molecule has 1 aliphatic heterocycles. The summed E-state index contributed by atoms with van der Waals surface area (Å²) in [5.74, 6) is 1.07. The van der Waals surface area contributed by atoms with Crippen LogP contribution < -0.4 is 11.1 Å². The molecule has 3 N–H and O–H groups in total. The minimum absolute atomic E-state index is 0.285. The molecule has 1 fully saturated rings. The van der Waals surface area contributed by atoms with Gasteiger partial charge in [0.2, 0.25) is 5.95 Å². The molecule has 0 radical (unpaired) electrons. The Morgan fingerprint density at radius 2 is 1.84 bits per heavy atom. The van der Waals surface area contributed by atoms with Crippen molar-refractivity contribution in [2.24, 2.45) is 0 Å². The van der Waals surface area contributed by atoms with E-state index in [9.17, 15) is 0 Å². The summed E-state index contributed by atoms with van der Waals surface area (Å²) in [7, 11) is 0. The van der Waals surface area contributed by atoms with Crippen LogP contribution in [0.3, 0.4) is 0 Å². The second kappa shape index (κ2) is 8.99. The summed E-state index contributed by atoms with van der Waals surface area (Å²) in [6.45, 7) is 4.43. The van der Waals surface area contributed by atoms with Gasteiger partial charge in [-0.1, -0.05) is 30.3 Å². The first-order valence-electron chi connectivity index (χ1n) is 10.8. The molecular formula is C24H26N6S. The van der Waals surface area contributed by atoms with Crippen LogP contribution in [0.25, 0.3) is 31.9 Å². The number of hydrogen-bond donors (Lipinski definition) is 2. The summed E-state index contributed by atoms with van der Waals surface area (Å²) in [6, 6.07) is 16.6. The zero-order valence-electron chi connectivity index (χ0n) is 17.4.